The summed E-state index contributed by atoms with van der Waals surface area (Å²) in [6, 6.07) is 10.1. The van der Waals surface area contributed by atoms with Gasteiger partial charge in [0, 0.05) is 11.1 Å². The Balaban J connectivity index is 2.23. The van der Waals surface area contributed by atoms with Crippen LogP contribution in [-0.4, -0.2) is 32.2 Å². The van der Waals surface area contributed by atoms with E-state index in [1.165, 1.54) is 26.4 Å². The van der Waals surface area contributed by atoms with Crippen molar-refractivity contribution in [3.63, 3.8) is 0 Å². The quantitative estimate of drug-likeness (QED) is 0.654. The van der Waals surface area contributed by atoms with Gasteiger partial charge in [-0.1, -0.05) is 0 Å². The summed E-state index contributed by atoms with van der Waals surface area (Å²) in [7, 11) is 4.49. The van der Waals surface area contributed by atoms with Gasteiger partial charge in [-0.05, 0) is 48.6 Å². The maximum Gasteiger partial charge on any atom is 0.203 e. The van der Waals surface area contributed by atoms with Crippen LogP contribution in [-0.2, 0) is 0 Å². The van der Waals surface area contributed by atoms with E-state index in [2.05, 4.69) is 0 Å². The van der Waals surface area contributed by atoms with Crippen molar-refractivity contribution in [2.75, 3.05) is 21.3 Å². The number of carbonyl (C=O) groups is 1. The molecule has 120 valence electrons. The molecule has 0 saturated carbocycles. The number of benzene rings is 2. The standard InChI is InChI=1S/C18H18O5/c1-21-14-8-4-12(5-9-14)15(19)10-6-13-7-11-16(22-2)18(23-3)17(13)20/h4-11,20H,1-3H3. The van der Waals surface area contributed by atoms with E-state index in [9.17, 15) is 9.90 Å². The first-order chi connectivity index (χ1) is 11.1. The molecule has 0 fully saturated rings. The summed E-state index contributed by atoms with van der Waals surface area (Å²) >= 11 is 0. The van der Waals surface area contributed by atoms with Gasteiger partial charge in [-0.25, -0.2) is 0 Å². The van der Waals surface area contributed by atoms with Gasteiger partial charge < -0.3 is 19.3 Å². The van der Waals surface area contributed by atoms with Crippen molar-refractivity contribution in [2.45, 2.75) is 0 Å². The van der Waals surface area contributed by atoms with Gasteiger partial charge in [0.05, 0.1) is 21.3 Å². The number of allylic oxidation sites excluding steroid dienone is 1. The number of methoxy groups -OCH3 is 3. The van der Waals surface area contributed by atoms with Crippen LogP contribution in [0.1, 0.15) is 15.9 Å². The zero-order chi connectivity index (χ0) is 16.8. The summed E-state index contributed by atoms with van der Waals surface area (Å²) in [5.74, 6) is 1.07. The highest BCUT2D eigenvalue weighted by atomic mass is 16.5. The molecule has 0 spiro atoms. The van der Waals surface area contributed by atoms with Crippen LogP contribution in [0, 0.1) is 0 Å². The number of hydrogen-bond acceptors (Lipinski definition) is 5. The Morgan fingerprint density at radius 3 is 2.22 bits per heavy atom. The Morgan fingerprint density at radius 2 is 1.65 bits per heavy atom. The number of carbonyl (C=O) groups excluding carboxylic acids is 1. The molecule has 23 heavy (non-hydrogen) atoms. The summed E-state index contributed by atoms with van der Waals surface area (Å²) in [6.45, 7) is 0. The van der Waals surface area contributed by atoms with Crippen molar-refractivity contribution < 1.29 is 24.1 Å². The lowest BCUT2D eigenvalue weighted by atomic mass is 10.1. The fourth-order valence-corrected chi connectivity index (χ4v) is 2.08. The minimum atomic E-state index is -0.179. The summed E-state index contributed by atoms with van der Waals surface area (Å²) in [4.78, 5) is 12.1. The molecule has 0 heterocycles. The van der Waals surface area contributed by atoms with Gasteiger partial charge in [-0.15, -0.1) is 0 Å². The predicted molar refractivity (Wildman–Crippen MR) is 87.6 cm³/mol. The zero-order valence-electron chi connectivity index (χ0n) is 13.2. The van der Waals surface area contributed by atoms with Crippen molar-refractivity contribution in [1.82, 2.24) is 0 Å². The molecule has 2 aromatic carbocycles. The summed E-state index contributed by atoms with van der Waals surface area (Å²) in [6.07, 6.45) is 2.92. The Labute approximate surface area is 134 Å². The van der Waals surface area contributed by atoms with E-state index >= 15 is 0 Å². The molecule has 0 saturated heterocycles. The van der Waals surface area contributed by atoms with Crippen LogP contribution in [0.5, 0.6) is 23.0 Å². The van der Waals surface area contributed by atoms with Gasteiger partial charge >= 0.3 is 0 Å². The van der Waals surface area contributed by atoms with Gasteiger partial charge in [0.25, 0.3) is 0 Å². The number of phenols is 1. The predicted octanol–water partition coefficient (Wildman–Crippen LogP) is 3.31. The second-order valence-electron chi connectivity index (χ2n) is 4.66. The highest BCUT2D eigenvalue weighted by Crippen LogP contribution is 2.39. The molecular weight excluding hydrogens is 296 g/mol. The Bertz CT molecular complexity index is 717. The summed E-state index contributed by atoms with van der Waals surface area (Å²) in [5, 5.41) is 10.2. The van der Waals surface area contributed by atoms with Crippen molar-refractivity contribution in [2.24, 2.45) is 0 Å². The van der Waals surface area contributed by atoms with E-state index in [1.807, 2.05) is 0 Å². The Kier molecular flexibility index (Phi) is 5.25. The molecule has 5 heteroatoms. The van der Waals surface area contributed by atoms with Crippen LogP contribution in [0.2, 0.25) is 0 Å². The maximum atomic E-state index is 12.1. The fraction of sp³-hybridized carbons (Fsp3) is 0.167. The lowest BCUT2D eigenvalue weighted by molar-refractivity contribution is 0.104. The number of phenolic OH excluding ortho intramolecular Hbond substituents is 1. The van der Waals surface area contributed by atoms with Crippen molar-refractivity contribution in [1.29, 1.82) is 0 Å². The summed E-state index contributed by atoms with van der Waals surface area (Å²) in [5.41, 5.74) is 0.992. The third-order valence-electron chi connectivity index (χ3n) is 3.34. The lowest BCUT2D eigenvalue weighted by Crippen LogP contribution is -1.95. The average Bonchev–Trinajstić information content (AvgIpc) is 2.60. The van der Waals surface area contributed by atoms with Crippen LogP contribution in [0.25, 0.3) is 6.08 Å². The van der Waals surface area contributed by atoms with E-state index in [4.69, 9.17) is 14.2 Å². The molecule has 0 aliphatic heterocycles. The van der Waals surface area contributed by atoms with E-state index in [1.54, 1.807) is 43.5 Å². The van der Waals surface area contributed by atoms with Gasteiger partial charge in [-0.2, -0.15) is 0 Å². The molecule has 0 unspecified atom stereocenters. The van der Waals surface area contributed by atoms with Gasteiger partial charge in [0.2, 0.25) is 5.75 Å². The molecule has 0 bridgehead atoms. The van der Waals surface area contributed by atoms with Crippen LogP contribution in [0.4, 0.5) is 0 Å². The molecule has 2 aromatic rings. The van der Waals surface area contributed by atoms with Gasteiger partial charge in [-0.3, -0.25) is 4.79 Å². The maximum absolute atomic E-state index is 12.1. The average molecular weight is 314 g/mol. The highest BCUT2D eigenvalue weighted by molar-refractivity contribution is 6.07. The van der Waals surface area contributed by atoms with Crippen molar-refractivity contribution >= 4 is 11.9 Å². The second-order valence-corrected chi connectivity index (χ2v) is 4.66. The van der Waals surface area contributed by atoms with Gasteiger partial charge in [0.15, 0.2) is 17.3 Å². The first-order valence-corrected chi connectivity index (χ1v) is 6.91. The highest BCUT2D eigenvalue weighted by Gasteiger charge is 2.12. The summed E-state index contributed by atoms with van der Waals surface area (Å²) < 4.78 is 15.3. The molecule has 5 nitrogen and oxygen atoms in total. The fourth-order valence-electron chi connectivity index (χ4n) is 2.08. The third-order valence-corrected chi connectivity index (χ3v) is 3.34. The number of rotatable bonds is 6. The smallest absolute Gasteiger partial charge is 0.203 e. The normalized spacial score (nSPS) is 10.6. The molecule has 0 aromatic heterocycles. The first kappa shape index (κ1) is 16.4. The van der Waals surface area contributed by atoms with Gasteiger partial charge in [0.1, 0.15) is 5.75 Å². The molecule has 0 atom stereocenters. The van der Waals surface area contributed by atoms with E-state index < -0.39 is 0 Å². The SMILES string of the molecule is COc1ccc(C(=O)C=Cc2ccc(OC)c(OC)c2O)cc1. The number of ether oxygens (including phenoxy) is 3. The van der Waals surface area contributed by atoms with Crippen molar-refractivity contribution in [3.8, 4) is 23.0 Å². The van der Waals surface area contributed by atoms with Crippen LogP contribution < -0.4 is 14.2 Å². The Hall–Kier alpha value is -2.95. The monoisotopic (exact) mass is 314 g/mol. The number of ketones is 1. The molecule has 0 amide bonds. The topological polar surface area (TPSA) is 65.0 Å². The minimum Gasteiger partial charge on any atom is -0.504 e. The molecule has 1 N–H and O–H groups in total. The zero-order valence-corrected chi connectivity index (χ0v) is 13.2. The van der Waals surface area contributed by atoms with Crippen LogP contribution in [0.15, 0.2) is 42.5 Å². The van der Waals surface area contributed by atoms with Crippen LogP contribution in [0.3, 0.4) is 0 Å². The largest absolute Gasteiger partial charge is 0.504 e. The molecule has 0 aliphatic carbocycles. The Morgan fingerprint density at radius 1 is 0.957 bits per heavy atom. The van der Waals surface area contributed by atoms with Crippen LogP contribution >= 0.6 is 0 Å². The molecule has 0 radical (unpaired) electrons. The first-order valence-electron chi connectivity index (χ1n) is 6.91. The number of hydrogen-bond donors (Lipinski definition) is 1. The van der Waals surface area contributed by atoms with E-state index in [0.29, 0.717) is 22.6 Å². The van der Waals surface area contributed by atoms with E-state index in [0.717, 1.165) is 0 Å². The lowest BCUT2D eigenvalue weighted by Gasteiger charge is -2.10. The molecule has 0 aliphatic rings. The van der Waals surface area contributed by atoms with E-state index in [-0.39, 0.29) is 17.3 Å². The molecular formula is C18H18O5. The minimum absolute atomic E-state index is 0.0781. The second kappa shape index (κ2) is 7.35. The molecule has 2 rings (SSSR count). The van der Waals surface area contributed by atoms with Crippen molar-refractivity contribution in [3.05, 3.63) is 53.6 Å². The third kappa shape index (κ3) is 3.63. The number of aromatic hydroxyl groups is 1.